The maximum Gasteiger partial charge on any atom is 0.0786 e. The molecule has 0 aromatic rings. The van der Waals surface area contributed by atoms with E-state index in [2.05, 4.69) is 27.7 Å². The van der Waals surface area contributed by atoms with Gasteiger partial charge >= 0.3 is 0 Å². The topological polar surface area (TPSA) is 0 Å². The first-order valence-corrected chi connectivity index (χ1v) is 22.1. The third-order valence-corrected chi connectivity index (χ3v) is 10.9. The Balaban J connectivity index is 0. The molecule has 0 fully saturated rings. The van der Waals surface area contributed by atoms with Crippen molar-refractivity contribution in [1.29, 1.82) is 0 Å². The summed E-state index contributed by atoms with van der Waals surface area (Å²) in [4.78, 5) is 0. The van der Waals surface area contributed by atoms with Crippen LogP contribution in [0.1, 0.15) is 259 Å². The summed E-state index contributed by atoms with van der Waals surface area (Å²) in [6.07, 6.45) is 52.7. The molecule has 0 aliphatic rings. The summed E-state index contributed by atoms with van der Waals surface area (Å²) in [6.45, 7) is 15.3. The van der Waals surface area contributed by atoms with Gasteiger partial charge in [-0.1, -0.05) is 207 Å². The van der Waals surface area contributed by atoms with E-state index >= 15 is 0 Å². The van der Waals surface area contributed by atoms with E-state index in [1.54, 1.807) is 0 Å². The Hall–Kier alpha value is 0.440. The summed E-state index contributed by atoms with van der Waals surface area (Å²) in [5, 5.41) is 0. The number of quaternary nitrogens is 1. The lowest BCUT2D eigenvalue weighted by atomic mass is 10.0. The quantitative estimate of drug-likeness (QED) is 0.0438. The van der Waals surface area contributed by atoms with Crippen LogP contribution in [0.25, 0.3) is 0 Å². The van der Waals surface area contributed by atoms with Gasteiger partial charge in [-0.2, -0.15) is 0 Å². The van der Waals surface area contributed by atoms with Crippen LogP contribution in [0.3, 0.4) is 0 Å². The highest BCUT2D eigenvalue weighted by Gasteiger charge is 2.25. The molecular formula is C44H92BrN. The molecule has 0 aliphatic carbocycles. The van der Waals surface area contributed by atoms with Crippen LogP contribution in [0.2, 0.25) is 0 Å². The first-order chi connectivity index (χ1) is 22.2. The highest BCUT2D eigenvalue weighted by Crippen LogP contribution is 2.21. The fourth-order valence-corrected chi connectivity index (χ4v) is 7.70. The minimum atomic E-state index is 0. The van der Waals surface area contributed by atoms with E-state index in [9.17, 15) is 0 Å². The lowest BCUT2D eigenvalue weighted by Gasteiger charge is -2.40. The second kappa shape index (κ2) is 41.6. The Labute approximate surface area is 305 Å². The van der Waals surface area contributed by atoms with Gasteiger partial charge in [0.05, 0.1) is 26.2 Å². The first-order valence-electron chi connectivity index (χ1n) is 22.1. The van der Waals surface area contributed by atoms with E-state index in [1.165, 1.54) is 262 Å². The average molecular weight is 715 g/mol. The Morgan fingerprint density at radius 3 is 0.478 bits per heavy atom. The normalized spacial score (nSPS) is 11.7. The Morgan fingerprint density at radius 2 is 0.326 bits per heavy atom. The smallest absolute Gasteiger partial charge is 0.0786 e. The van der Waals surface area contributed by atoms with Crippen LogP contribution in [0.5, 0.6) is 0 Å². The first kappa shape index (κ1) is 48.6. The SMILES string of the molecule is CCCCCCCCCCCCCCCCCCCC[N+](CCCCCCCC)(CCCCCCCC)CCCCCCCC.[Br-]. The van der Waals surface area contributed by atoms with Crippen molar-refractivity contribution >= 4 is 0 Å². The molecule has 0 bridgehead atoms. The minimum absolute atomic E-state index is 0. The van der Waals surface area contributed by atoms with E-state index in [4.69, 9.17) is 0 Å². The van der Waals surface area contributed by atoms with Crippen LogP contribution in [0.4, 0.5) is 0 Å². The van der Waals surface area contributed by atoms with Gasteiger partial charge < -0.3 is 21.5 Å². The van der Waals surface area contributed by atoms with Crippen LogP contribution in [0.15, 0.2) is 0 Å². The van der Waals surface area contributed by atoms with Crippen molar-refractivity contribution in [2.75, 3.05) is 26.2 Å². The molecule has 0 N–H and O–H groups in total. The molecule has 0 aromatic heterocycles. The van der Waals surface area contributed by atoms with Crippen molar-refractivity contribution in [2.45, 2.75) is 259 Å². The predicted molar refractivity (Wildman–Crippen MR) is 209 cm³/mol. The van der Waals surface area contributed by atoms with Gasteiger partial charge in [0.25, 0.3) is 0 Å². The standard InChI is InChI=1S/C44H92N.BrH/c1-5-9-13-17-21-22-23-24-25-26-27-28-29-30-31-32-36-40-44-45(41-37-33-18-14-10-6-2,42-38-34-19-15-11-7-3)43-39-35-20-16-12-8-4;/h5-44H2,1-4H3;1H/q+1;/p-1. The summed E-state index contributed by atoms with van der Waals surface area (Å²) in [6, 6.07) is 0. The average Bonchev–Trinajstić information content (AvgIpc) is 3.05. The second-order valence-corrected chi connectivity index (χ2v) is 15.5. The van der Waals surface area contributed by atoms with Crippen LogP contribution in [-0.2, 0) is 0 Å². The van der Waals surface area contributed by atoms with Gasteiger partial charge in [-0.25, -0.2) is 0 Å². The highest BCUT2D eigenvalue weighted by atomic mass is 79.9. The van der Waals surface area contributed by atoms with E-state index in [-0.39, 0.29) is 17.0 Å². The van der Waals surface area contributed by atoms with Crippen molar-refractivity contribution in [3.63, 3.8) is 0 Å². The van der Waals surface area contributed by atoms with Crippen LogP contribution in [-0.4, -0.2) is 30.7 Å². The van der Waals surface area contributed by atoms with E-state index in [0.717, 1.165) is 0 Å². The molecular weight excluding hydrogens is 622 g/mol. The van der Waals surface area contributed by atoms with E-state index < -0.39 is 0 Å². The van der Waals surface area contributed by atoms with Crippen molar-refractivity contribution in [2.24, 2.45) is 0 Å². The molecule has 0 saturated heterocycles. The highest BCUT2D eigenvalue weighted by molar-refractivity contribution is 4.56. The number of halogens is 1. The number of unbranched alkanes of at least 4 members (excludes halogenated alkanes) is 32. The van der Waals surface area contributed by atoms with E-state index in [1.807, 2.05) is 0 Å². The molecule has 2 heteroatoms. The molecule has 280 valence electrons. The summed E-state index contributed by atoms with van der Waals surface area (Å²) in [5.74, 6) is 0. The summed E-state index contributed by atoms with van der Waals surface area (Å²) >= 11 is 0. The zero-order valence-electron chi connectivity index (χ0n) is 33.1. The second-order valence-electron chi connectivity index (χ2n) is 15.5. The van der Waals surface area contributed by atoms with Gasteiger partial charge in [0, 0.05) is 0 Å². The van der Waals surface area contributed by atoms with Crippen LogP contribution in [0, 0.1) is 0 Å². The van der Waals surface area contributed by atoms with Crippen LogP contribution >= 0.6 is 0 Å². The minimum Gasteiger partial charge on any atom is -1.00 e. The van der Waals surface area contributed by atoms with Gasteiger partial charge in [0.15, 0.2) is 0 Å². The third-order valence-electron chi connectivity index (χ3n) is 10.9. The fourth-order valence-electron chi connectivity index (χ4n) is 7.70. The molecule has 0 radical (unpaired) electrons. The zero-order chi connectivity index (χ0) is 32.8. The van der Waals surface area contributed by atoms with E-state index in [0.29, 0.717) is 0 Å². The molecule has 0 rings (SSSR count). The van der Waals surface area contributed by atoms with Gasteiger partial charge in [-0.3, -0.25) is 0 Å². The molecule has 0 atom stereocenters. The number of hydrogen-bond acceptors (Lipinski definition) is 0. The Morgan fingerprint density at radius 1 is 0.196 bits per heavy atom. The van der Waals surface area contributed by atoms with Gasteiger partial charge in [-0.05, 0) is 51.4 Å². The molecule has 0 unspecified atom stereocenters. The molecule has 46 heavy (non-hydrogen) atoms. The molecule has 0 aliphatic heterocycles. The summed E-state index contributed by atoms with van der Waals surface area (Å²) in [7, 11) is 0. The molecule has 0 saturated carbocycles. The summed E-state index contributed by atoms with van der Waals surface area (Å²) in [5.41, 5.74) is 0. The monoisotopic (exact) mass is 714 g/mol. The molecule has 1 nitrogen and oxygen atoms in total. The zero-order valence-corrected chi connectivity index (χ0v) is 34.7. The van der Waals surface area contributed by atoms with Crippen molar-refractivity contribution in [3.05, 3.63) is 0 Å². The van der Waals surface area contributed by atoms with Gasteiger partial charge in [-0.15, -0.1) is 0 Å². The number of nitrogens with zero attached hydrogens (tertiary/aromatic N) is 1. The lowest BCUT2D eigenvalue weighted by Crippen LogP contribution is -3.00. The maximum atomic E-state index is 2.35. The Kier molecular flexibility index (Phi) is 43.9. The lowest BCUT2D eigenvalue weighted by molar-refractivity contribution is -0.929. The van der Waals surface area contributed by atoms with Crippen molar-refractivity contribution < 1.29 is 21.5 Å². The molecule has 0 heterocycles. The number of hydrogen-bond donors (Lipinski definition) is 0. The predicted octanol–water partition coefficient (Wildman–Crippen LogP) is 12.9. The number of rotatable bonds is 40. The van der Waals surface area contributed by atoms with Crippen molar-refractivity contribution in [1.82, 2.24) is 0 Å². The third kappa shape index (κ3) is 35.7. The van der Waals surface area contributed by atoms with Gasteiger partial charge in [0.1, 0.15) is 0 Å². The molecule has 0 aromatic carbocycles. The molecule has 0 spiro atoms. The maximum absolute atomic E-state index is 2.35. The van der Waals surface area contributed by atoms with Crippen LogP contribution < -0.4 is 17.0 Å². The fraction of sp³-hybridized carbons (Fsp3) is 1.00. The Bertz CT molecular complexity index is 479. The largest absolute Gasteiger partial charge is 1.00 e. The molecule has 0 amide bonds. The van der Waals surface area contributed by atoms with Gasteiger partial charge in [0.2, 0.25) is 0 Å². The summed E-state index contributed by atoms with van der Waals surface area (Å²) < 4.78 is 1.48. The van der Waals surface area contributed by atoms with Crippen molar-refractivity contribution in [3.8, 4) is 0 Å².